The summed E-state index contributed by atoms with van der Waals surface area (Å²) in [6, 6.07) is 8.74. The highest BCUT2D eigenvalue weighted by atomic mass is 19.1. The molecule has 2 aromatic rings. The summed E-state index contributed by atoms with van der Waals surface area (Å²) in [5.41, 5.74) is 2.98. The van der Waals surface area contributed by atoms with Gasteiger partial charge in [-0.15, -0.1) is 0 Å². The largest absolute Gasteiger partial charge is 0.312 e. The van der Waals surface area contributed by atoms with Gasteiger partial charge in [0.25, 0.3) is 0 Å². The van der Waals surface area contributed by atoms with Gasteiger partial charge in [-0.25, -0.2) is 8.78 Å². The number of nitrogens with one attached hydrogen (secondary N) is 1. The van der Waals surface area contributed by atoms with Gasteiger partial charge in [-0.3, -0.25) is 4.79 Å². The van der Waals surface area contributed by atoms with Gasteiger partial charge in [-0.1, -0.05) is 12.1 Å². The van der Waals surface area contributed by atoms with Crippen molar-refractivity contribution in [1.29, 1.82) is 0 Å². The average molecular weight is 287 g/mol. The SMILES string of the molecule is O=C(Cc1cc(F)ccc1F)c1ccc2c(c1)CNCC2. The topological polar surface area (TPSA) is 29.1 Å². The summed E-state index contributed by atoms with van der Waals surface area (Å²) in [4.78, 5) is 12.3. The van der Waals surface area contributed by atoms with Crippen molar-refractivity contribution in [3.8, 4) is 0 Å². The minimum absolute atomic E-state index is 0.0934. The molecule has 0 radical (unpaired) electrons. The molecule has 108 valence electrons. The molecule has 21 heavy (non-hydrogen) atoms. The van der Waals surface area contributed by atoms with Crippen LogP contribution in [0.4, 0.5) is 8.78 Å². The van der Waals surface area contributed by atoms with Gasteiger partial charge in [-0.2, -0.15) is 0 Å². The van der Waals surface area contributed by atoms with Crippen molar-refractivity contribution in [2.45, 2.75) is 19.4 Å². The van der Waals surface area contributed by atoms with Gasteiger partial charge in [0, 0.05) is 18.5 Å². The predicted octanol–water partition coefficient (Wildman–Crippen LogP) is 3.04. The summed E-state index contributed by atoms with van der Waals surface area (Å²) in [5.74, 6) is -1.29. The van der Waals surface area contributed by atoms with Crippen LogP contribution in [0.1, 0.15) is 27.0 Å². The molecule has 0 saturated heterocycles. The molecule has 0 aliphatic carbocycles. The molecular weight excluding hydrogens is 272 g/mol. The van der Waals surface area contributed by atoms with E-state index in [-0.39, 0.29) is 17.8 Å². The van der Waals surface area contributed by atoms with Crippen LogP contribution >= 0.6 is 0 Å². The van der Waals surface area contributed by atoms with Crippen molar-refractivity contribution in [2.75, 3.05) is 6.54 Å². The van der Waals surface area contributed by atoms with Gasteiger partial charge in [0.05, 0.1) is 0 Å². The molecule has 1 aliphatic heterocycles. The lowest BCUT2D eigenvalue weighted by molar-refractivity contribution is 0.0991. The fourth-order valence-corrected chi connectivity index (χ4v) is 2.61. The lowest BCUT2D eigenvalue weighted by atomic mass is 9.95. The van der Waals surface area contributed by atoms with Crippen molar-refractivity contribution >= 4 is 5.78 Å². The van der Waals surface area contributed by atoms with Crippen LogP contribution in [0.2, 0.25) is 0 Å². The molecule has 0 unspecified atom stereocenters. The lowest BCUT2D eigenvalue weighted by Gasteiger charge is -2.17. The number of carbonyl (C=O) groups excluding carboxylic acids is 1. The van der Waals surface area contributed by atoms with Crippen molar-refractivity contribution in [1.82, 2.24) is 5.32 Å². The lowest BCUT2D eigenvalue weighted by Crippen LogP contribution is -2.24. The van der Waals surface area contributed by atoms with E-state index in [4.69, 9.17) is 0 Å². The minimum atomic E-state index is -0.552. The van der Waals surface area contributed by atoms with E-state index in [9.17, 15) is 13.6 Å². The Kier molecular flexibility index (Phi) is 3.80. The smallest absolute Gasteiger partial charge is 0.167 e. The highest BCUT2D eigenvalue weighted by Crippen LogP contribution is 2.18. The van der Waals surface area contributed by atoms with E-state index in [2.05, 4.69) is 5.32 Å². The van der Waals surface area contributed by atoms with Crippen molar-refractivity contribution in [2.24, 2.45) is 0 Å². The van der Waals surface area contributed by atoms with Crippen LogP contribution in [-0.4, -0.2) is 12.3 Å². The van der Waals surface area contributed by atoms with Gasteiger partial charge < -0.3 is 5.32 Å². The minimum Gasteiger partial charge on any atom is -0.312 e. The zero-order valence-corrected chi connectivity index (χ0v) is 11.5. The van der Waals surface area contributed by atoms with Crippen molar-refractivity contribution < 1.29 is 13.6 Å². The maximum absolute atomic E-state index is 13.6. The van der Waals surface area contributed by atoms with Crippen LogP contribution in [-0.2, 0) is 19.4 Å². The summed E-state index contributed by atoms with van der Waals surface area (Å²) in [6.45, 7) is 1.68. The third-order valence-corrected chi connectivity index (χ3v) is 3.77. The molecule has 2 aromatic carbocycles. The molecule has 1 N–H and O–H groups in total. The molecule has 2 nitrogen and oxygen atoms in total. The fourth-order valence-electron chi connectivity index (χ4n) is 2.61. The Hall–Kier alpha value is -2.07. The number of benzene rings is 2. The van der Waals surface area contributed by atoms with Crippen LogP contribution in [0.25, 0.3) is 0 Å². The Labute approximate surface area is 121 Å². The Morgan fingerprint density at radius 2 is 1.95 bits per heavy atom. The number of hydrogen-bond acceptors (Lipinski definition) is 2. The van der Waals surface area contributed by atoms with Crippen LogP contribution in [0.5, 0.6) is 0 Å². The first-order chi connectivity index (χ1) is 10.1. The Morgan fingerprint density at radius 3 is 2.81 bits per heavy atom. The first-order valence-electron chi connectivity index (χ1n) is 6.93. The second kappa shape index (κ2) is 5.74. The van der Waals surface area contributed by atoms with E-state index in [0.717, 1.165) is 43.3 Å². The number of carbonyl (C=O) groups is 1. The number of Topliss-reactive ketones (excluding diaryl/α,β-unsaturated/α-hetero) is 1. The molecule has 0 spiro atoms. The molecule has 0 atom stereocenters. The average Bonchev–Trinajstić information content (AvgIpc) is 2.50. The second-order valence-corrected chi connectivity index (χ2v) is 5.25. The van der Waals surface area contributed by atoms with Crippen LogP contribution < -0.4 is 5.32 Å². The Bertz CT molecular complexity index is 697. The molecule has 0 bridgehead atoms. The zero-order valence-electron chi connectivity index (χ0n) is 11.5. The first kappa shape index (κ1) is 13.9. The molecular formula is C17H15F2NO. The van der Waals surface area contributed by atoms with Gasteiger partial charge in [0.2, 0.25) is 0 Å². The van der Waals surface area contributed by atoms with Gasteiger partial charge in [0.15, 0.2) is 5.78 Å². The third kappa shape index (κ3) is 3.00. The van der Waals surface area contributed by atoms with Crippen LogP contribution in [0.3, 0.4) is 0 Å². The highest BCUT2D eigenvalue weighted by molar-refractivity contribution is 5.97. The Balaban J connectivity index is 1.83. The molecule has 3 rings (SSSR count). The molecule has 0 aromatic heterocycles. The summed E-state index contributed by atoms with van der Waals surface area (Å²) >= 11 is 0. The first-order valence-corrected chi connectivity index (χ1v) is 6.93. The standard InChI is InChI=1S/C17H15F2NO/c18-15-3-4-16(19)13(8-15)9-17(21)12-2-1-11-5-6-20-10-14(11)7-12/h1-4,7-8,20H,5-6,9-10H2. The predicted molar refractivity (Wildman–Crippen MR) is 76.2 cm³/mol. The number of rotatable bonds is 3. The van der Waals surface area contributed by atoms with E-state index in [1.54, 1.807) is 6.07 Å². The molecule has 4 heteroatoms. The normalized spacial score (nSPS) is 13.8. The van der Waals surface area contributed by atoms with E-state index < -0.39 is 11.6 Å². The van der Waals surface area contributed by atoms with Crippen molar-refractivity contribution in [3.05, 3.63) is 70.3 Å². The maximum atomic E-state index is 13.6. The maximum Gasteiger partial charge on any atom is 0.167 e. The number of ketones is 1. The number of halogens is 2. The van der Waals surface area contributed by atoms with E-state index in [0.29, 0.717) is 5.56 Å². The van der Waals surface area contributed by atoms with Gasteiger partial charge in [0.1, 0.15) is 11.6 Å². The molecule has 1 heterocycles. The summed E-state index contributed by atoms with van der Waals surface area (Å²) < 4.78 is 26.7. The quantitative estimate of drug-likeness (QED) is 0.879. The van der Waals surface area contributed by atoms with Gasteiger partial charge >= 0.3 is 0 Å². The molecule has 0 fully saturated rings. The van der Waals surface area contributed by atoms with E-state index in [1.165, 1.54) is 5.56 Å². The van der Waals surface area contributed by atoms with Crippen LogP contribution in [0, 0.1) is 11.6 Å². The highest BCUT2D eigenvalue weighted by Gasteiger charge is 2.15. The Morgan fingerprint density at radius 1 is 1.10 bits per heavy atom. The fraction of sp³-hybridized carbons (Fsp3) is 0.235. The number of fused-ring (bicyclic) bond motifs is 1. The van der Waals surface area contributed by atoms with Crippen molar-refractivity contribution in [3.63, 3.8) is 0 Å². The number of hydrogen-bond donors (Lipinski definition) is 1. The summed E-state index contributed by atoms with van der Waals surface area (Å²) in [6.07, 6.45) is 0.818. The summed E-state index contributed by atoms with van der Waals surface area (Å²) in [7, 11) is 0. The molecule has 0 saturated carbocycles. The molecule has 1 aliphatic rings. The third-order valence-electron chi connectivity index (χ3n) is 3.77. The summed E-state index contributed by atoms with van der Waals surface area (Å²) in [5, 5.41) is 3.25. The van der Waals surface area contributed by atoms with Gasteiger partial charge in [-0.05, 0) is 53.9 Å². The van der Waals surface area contributed by atoms with E-state index >= 15 is 0 Å². The monoisotopic (exact) mass is 287 g/mol. The zero-order chi connectivity index (χ0) is 14.8. The van der Waals surface area contributed by atoms with E-state index in [1.807, 2.05) is 12.1 Å². The second-order valence-electron chi connectivity index (χ2n) is 5.25. The molecule has 0 amide bonds. The van der Waals surface area contributed by atoms with Crippen LogP contribution in [0.15, 0.2) is 36.4 Å².